The molecular weight excluding hydrogens is 362 g/mol. The van der Waals surface area contributed by atoms with E-state index < -0.39 is 5.38 Å². The number of rotatable bonds is 4. The number of thiazole rings is 1. The Labute approximate surface area is 154 Å². The number of carbonyl (C=O) groups excluding carboxylic acids is 2. The van der Waals surface area contributed by atoms with E-state index in [0.717, 1.165) is 29.0 Å². The molecule has 2 aromatic rings. The lowest BCUT2D eigenvalue weighted by molar-refractivity contribution is -0.120. The van der Waals surface area contributed by atoms with E-state index in [4.69, 9.17) is 16.3 Å². The number of anilines is 1. The van der Waals surface area contributed by atoms with Crippen molar-refractivity contribution in [2.24, 2.45) is 0 Å². The summed E-state index contributed by atoms with van der Waals surface area (Å²) in [5, 5.41) is 7.38. The number of nitrogens with zero attached hydrogens (tertiary/aromatic N) is 1. The smallest absolute Gasteiger partial charge is 0.243 e. The normalized spacial score (nSPS) is 17.2. The second-order valence-corrected chi connectivity index (χ2v) is 7.30. The molecule has 2 unspecified atom stereocenters. The molecule has 1 aromatic carbocycles. The zero-order chi connectivity index (χ0) is 18.0. The predicted octanol–water partition coefficient (Wildman–Crippen LogP) is 3.34. The van der Waals surface area contributed by atoms with Gasteiger partial charge in [-0.15, -0.1) is 22.9 Å². The summed E-state index contributed by atoms with van der Waals surface area (Å²) in [6.07, 6.45) is 0.724. The van der Waals surface area contributed by atoms with Crippen LogP contribution in [0.25, 0.3) is 11.3 Å². The van der Waals surface area contributed by atoms with Crippen LogP contribution in [0.2, 0.25) is 0 Å². The molecule has 25 heavy (non-hydrogen) atoms. The van der Waals surface area contributed by atoms with E-state index in [-0.39, 0.29) is 17.9 Å². The van der Waals surface area contributed by atoms with Gasteiger partial charge in [-0.05, 0) is 25.1 Å². The highest BCUT2D eigenvalue weighted by Crippen LogP contribution is 2.36. The van der Waals surface area contributed by atoms with Gasteiger partial charge in [-0.25, -0.2) is 4.98 Å². The summed E-state index contributed by atoms with van der Waals surface area (Å²) in [7, 11) is 0. The minimum absolute atomic E-state index is 0.0721. The Morgan fingerprint density at radius 1 is 1.44 bits per heavy atom. The number of amides is 2. The molecule has 0 saturated carbocycles. The number of benzene rings is 1. The molecule has 2 heterocycles. The molecular formula is C17H18ClN3O3S. The molecule has 6 nitrogen and oxygen atoms in total. The van der Waals surface area contributed by atoms with E-state index in [2.05, 4.69) is 15.6 Å². The molecule has 1 aromatic heterocycles. The lowest BCUT2D eigenvalue weighted by Crippen LogP contribution is -2.30. The number of fused-ring (bicyclic) bond motifs is 1. The summed E-state index contributed by atoms with van der Waals surface area (Å²) in [4.78, 5) is 27.5. The van der Waals surface area contributed by atoms with Crippen LogP contribution in [0, 0.1) is 0 Å². The van der Waals surface area contributed by atoms with Crippen LogP contribution in [0.1, 0.15) is 31.9 Å². The van der Waals surface area contributed by atoms with Gasteiger partial charge in [-0.3, -0.25) is 9.59 Å². The fraction of sp³-hybridized carbons (Fsp3) is 0.353. The van der Waals surface area contributed by atoms with Gasteiger partial charge >= 0.3 is 0 Å². The molecule has 3 rings (SSSR count). The fourth-order valence-electron chi connectivity index (χ4n) is 2.62. The lowest BCUT2D eigenvalue weighted by Gasteiger charge is -2.26. The monoisotopic (exact) mass is 379 g/mol. The maximum atomic E-state index is 11.7. The summed E-state index contributed by atoms with van der Waals surface area (Å²) in [6, 6.07) is 5.70. The van der Waals surface area contributed by atoms with Crippen molar-refractivity contribution in [1.82, 2.24) is 10.3 Å². The fourth-order valence-corrected chi connectivity index (χ4v) is 3.39. The number of halogens is 1. The Morgan fingerprint density at radius 2 is 2.24 bits per heavy atom. The quantitative estimate of drug-likeness (QED) is 0.798. The van der Waals surface area contributed by atoms with E-state index in [1.807, 2.05) is 23.6 Å². The summed E-state index contributed by atoms with van der Waals surface area (Å²) in [6.45, 7) is 3.68. The van der Waals surface area contributed by atoms with Gasteiger partial charge in [0.05, 0.1) is 18.3 Å². The van der Waals surface area contributed by atoms with Crippen molar-refractivity contribution in [3.8, 4) is 17.0 Å². The molecule has 8 heteroatoms. The molecule has 132 valence electrons. The van der Waals surface area contributed by atoms with Crippen molar-refractivity contribution >= 4 is 39.9 Å². The minimum Gasteiger partial charge on any atom is -0.493 e. The lowest BCUT2D eigenvalue weighted by atomic mass is 9.97. The first-order valence-corrected chi connectivity index (χ1v) is 9.20. The van der Waals surface area contributed by atoms with Crippen molar-refractivity contribution in [3.63, 3.8) is 0 Å². The molecule has 0 radical (unpaired) electrons. The topological polar surface area (TPSA) is 80.3 Å². The standard InChI is InChI=1S/C17H18ClN3O3S/c1-9(18)16(23)21-17-20-14(8-25-17)11-3-4-15-12(7-11)13(5-6-24-15)19-10(2)22/h3-4,7-9,13H,5-6H2,1-2H3,(H,19,22)(H,20,21,23). The molecule has 0 fully saturated rings. The number of carbonyl (C=O) groups is 2. The van der Waals surface area contributed by atoms with Crippen LogP contribution in [-0.2, 0) is 9.59 Å². The van der Waals surface area contributed by atoms with Gasteiger partial charge in [0.15, 0.2) is 5.13 Å². The van der Waals surface area contributed by atoms with E-state index in [1.54, 1.807) is 6.92 Å². The molecule has 1 aliphatic rings. The van der Waals surface area contributed by atoms with Crippen molar-refractivity contribution < 1.29 is 14.3 Å². The highest BCUT2D eigenvalue weighted by molar-refractivity contribution is 7.14. The van der Waals surface area contributed by atoms with Gasteiger partial charge in [-0.1, -0.05) is 0 Å². The third-order valence-electron chi connectivity index (χ3n) is 3.82. The number of alkyl halides is 1. The Bertz CT molecular complexity index is 806. The first-order valence-electron chi connectivity index (χ1n) is 7.88. The SMILES string of the molecule is CC(=O)NC1CCOc2ccc(-c3csc(NC(=O)C(C)Cl)n3)cc21. The van der Waals surface area contributed by atoms with Crippen LogP contribution < -0.4 is 15.4 Å². The number of ether oxygens (including phenoxy) is 1. The number of hydrogen-bond donors (Lipinski definition) is 2. The van der Waals surface area contributed by atoms with Crippen molar-refractivity contribution in [2.45, 2.75) is 31.7 Å². The van der Waals surface area contributed by atoms with Gasteiger partial charge in [-0.2, -0.15) is 0 Å². The molecule has 0 spiro atoms. The number of aromatic nitrogens is 1. The molecule has 2 amide bonds. The molecule has 2 atom stereocenters. The highest BCUT2D eigenvalue weighted by Gasteiger charge is 2.23. The Morgan fingerprint density at radius 3 is 2.96 bits per heavy atom. The first-order chi connectivity index (χ1) is 11.9. The van der Waals surface area contributed by atoms with E-state index in [0.29, 0.717) is 11.7 Å². The maximum Gasteiger partial charge on any atom is 0.243 e. The van der Waals surface area contributed by atoms with Gasteiger partial charge in [0.25, 0.3) is 0 Å². The van der Waals surface area contributed by atoms with Gasteiger partial charge in [0, 0.05) is 29.9 Å². The highest BCUT2D eigenvalue weighted by atomic mass is 35.5. The average Bonchev–Trinajstić information content (AvgIpc) is 3.02. The van der Waals surface area contributed by atoms with Crippen LogP contribution in [-0.4, -0.2) is 28.8 Å². The zero-order valence-electron chi connectivity index (χ0n) is 13.8. The van der Waals surface area contributed by atoms with Crippen molar-refractivity contribution in [3.05, 3.63) is 29.1 Å². The predicted molar refractivity (Wildman–Crippen MR) is 98.2 cm³/mol. The van der Waals surface area contributed by atoms with E-state index in [1.165, 1.54) is 18.3 Å². The maximum absolute atomic E-state index is 11.7. The third kappa shape index (κ3) is 4.11. The Kier molecular flexibility index (Phi) is 5.24. The van der Waals surface area contributed by atoms with Gasteiger partial charge < -0.3 is 15.4 Å². The Balaban J connectivity index is 1.85. The second-order valence-electron chi connectivity index (χ2n) is 5.79. The van der Waals surface area contributed by atoms with Crippen LogP contribution in [0.15, 0.2) is 23.6 Å². The van der Waals surface area contributed by atoms with Gasteiger partial charge in [0.1, 0.15) is 11.1 Å². The van der Waals surface area contributed by atoms with Crippen LogP contribution >= 0.6 is 22.9 Å². The summed E-state index contributed by atoms with van der Waals surface area (Å²) in [5.74, 6) is 0.415. The average molecular weight is 380 g/mol. The van der Waals surface area contributed by atoms with Crippen molar-refractivity contribution in [1.29, 1.82) is 0 Å². The summed E-state index contributed by atoms with van der Waals surface area (Å²) in [5.41, 5.74) is 2.58. The van der Waals surface area contributed by atoms with Crippen molar-refractivity contribution in [2.75, 3.05) is 11.9 Å². The number of nitrogens with one attached hydrogen (secondary N) is 2. The van der Waals surface area contributed by atoms with E-state index in [9.17, 15) is 9.59 Å². The minimum atomic E-state index is -0.619. The van der Waals surface area contributed by atoms with Crippen LogP contribution in [0.3, 0.4) is 0 Å². The van der Waals surface area contributed by atoms with Crippen LogP contribution in [0.5, 0.6) is 5.75 Å². The summed E-state index contributed by atoms with van der Waals surface area (Å²) < 4.78 is 5.67. The third-order valence-corrected chi connectivity index (χ3v) is 4.77. The zero-order valence-corrected chi connectivity index (χ0v) is 15.4. The Hall–Kier alpha value is -2.12. The molecule has 0 aliphatic carbocycles. The number of hydrogen-bond acceptors (Lipinski definition) is 5. The van der Waals surface area contributed by atoms with Gasteiger partial charge in [0.2, 0.25) is 11.8 Å². The van der Waals surface area contributed by atoms with E-state index >= 15 is 0 Å². The second kappa shape index (κ2) is 7.41. The van der Waals surface area contributed by atoms with Crippen LogP contribution in [0.4, 0.5) is 5.13 Å². The summed E-state index contributed by atoms with van der Waals surface area (Å²) >= 11 is 7.09. The molecule has 0 saturated heterocycles. The largest absolute Gasteiger partial charge is 0.493 e. The first kappa shape index (κ1) is 17.7. The molecule has 2 N–H and O–H groups in total. The molecule has 0 bridgehead atoms. The molecule has 1 aliphatic heterocycles.